The lowest BCUT2D eigenvalue weighted by molar-refractivity contribution is 0.0954. The summed E-state index contributed by atoms with van der Waals surface area (Å²) in [7, 11) is -1.13. The van der Waals surface area contributed by atoms with Crippen LogP contribution in [-0.2, 0) is 23.1 Å². The van der Waals surface area contributed by atoms with Crippen molar-refractivity contribution in [2.75, 3.05) is 35.6 Å². The number of nitrogens with zero attached hydrogens (tertiary/aromatic N) is 2. The van der Waals surface area contributed by atoms with Crippen LogP contribution in [0.1, 0.15) is 44.3 Å². The summed E-state index contributed by atoms with van der Waals surface area (Å²) in [5, 5.41) is 5.80. The predicted octanol–water partition coefficient (Wildman–Crippen LogP) is 4.54. The van der Waals surface area contributed by atoms with Gasteiger partial charge in [0.2, 0.25) is 0 Å². The molecule has 8 nitrogen and oxygen atoms in total. The molecule has 3 aromatic carbocycles. The summed E-state index contributed by atoms with van der Waals surface area (Å²) in [6.07, 6.45) is 0.976. The first kappa shape index (κ1) is 29.5. The molecule has 1 aromatic heterocycles. The normalized spacial score (nSPS) is 17.8. The third-order valence-corrected chi connectivity index (χ3v) is 9.53. The number of amides is 2. The molecule has 2 aliphatic heterocycles. The number of aromatic nitrogens is 1. The molecular formula is C34H33FN4O4S. The van der Waals surface area contributed by atoms with Crippen molar-refractivity contribution in [1.82, 2.24) is 9.88 Å². The van der Waals surface area contributed by atoms with E-state index in [1.54, 1.807) is 24.3 Å². The number of hydrogen-bond donors (Lipinski definition) is 2. The average molecular weight is 613 g/mol. The summed E-state index contributed by atoms with van der Waals surface area (Å²) >= 11 is 0. The molecule has 10 heteroatoms. The van der Waals surface area contributed by atoms with Gasteiger partial charge in [0.15, 0.2) is 0 Å². The fourth-order valence-electron chi connectivity index (χ4n) is 6.15. The second-order valence-corrected chi connectivity index (χ2v) is 12.9. The number of carbonyl (C=O) groups is 2. The molecule has 0 spiro atoms. The zero-order valence-corrected chi connectivity index (χ0v) is 24.9. The quantitative estimate of drug-likeness (QED) is 0.289. The van der Waals surface area contributed by atoms with Gasteiger partial charge in [-0.2, -0.15) is 0 Å². The Labute approximate surface area is 257 Å². The first-order valence-corrected chi connectivity index (χ1v) is 16.2. The molecule has 6 rings (SSSR count). The third-order valence-electron chi connectivity index (χ3n) is 8.22. The van der Waals surface area contributed by atoms with Crippen LogP contribution in [0.2, 0.25) is 0 Å². The van der Waals surface area contributed by atoms with Gasteiger partial charge in [-0.1, -0.05) is 36.4 Å². The molecule has 1 fully saturated rings. The highest BCUT2D eigenvalue weighted by atomic mass is 32.2. The van der Waals surface area contributed by atoms with E-state index in [0.717, 1.165) is 23.4 Å². The minimum atomic E-state index is -1.13. The Morgan fingerprint density at radius 2 is 1.64 bits per heavy atom. The number of piperidine rings is 1. The SMILES string of the molecule is O=C(NCCS(=O)Cc1ccccc1)c1ccc(N2CC3CC(C2)c2cccc(=O)n2C3)c(NC(=O)c2ccc(F)cc2)c1. The average Bonchev–Trinajstić information content (AvgIpc) is 3.02. The minimum absolute atomic E-state index is 0.0113. The molecular weight excluding hydrogens is 579 g/mol. The molecule has 0 saturated carbocycles. The molecule has 1 saturated heterocycles. The molecule has 0 aliphatic carbocycles. The third kappa shape index (κ3) is 6.65. The van der Waals surface area contributed by atoms with Crippen molar-refractivity contribution in [1.29, 1.82) is 0 Å². The predicted molar refractivity (Wildman–Crippen MR) is 170 cm³/mol. The van der Waals surface area contributed by atoms with Gasteiger partial charge in [-0.05, 0) is 66.4 Å². The maximum absolute atomic E-state index is 13.5. The Balaban J connectivity index is 1.21. The summed E-state index contributed by atoms with van der Waals surface area (Å²) in [4.78, 5) is 41.0. The van der Waals surface area contributed by atoms with Gasteiger partial charge in [0, 0.05) is 77.3 Å². The van der Waals surface area contributed by atoms with Crippen molar-refractivity contribution < 1.29 is 18.2 Å². The number of carbonyl (C=O) groups excluding carboxylic acids is 2. The Morgan fingerprint density at radius 1 is 0.864 bits per heavy atom. The van der Waals surface area contributed by atoms with Crippen LogP contribution in [0.15, 0.2) is 95.8 Å². The summed E-state index contributed by atoms with van der Waals surface area (Å²) in [5.41, 5.74) is 3.87. The highest BCUT2D eigenvalue weighted by molar-refractivity contribution is 7.84. The second-order valence-electron chi connectivity index (χ2n) is 11.3. The number of fused-ring (bicyclic) bond motifs is 4. The monoisotopic (exact) mass is 612 g/mol. The Kier molecular flexibility index (Phi) is 8.70. The number of halogens is 1. The fourth-order valence-corrected chi connectivity index (χ4v) is 7.19. The first-order chi connectivity index (χ1) is 21.3. The van der Waals surface area contributed by atoms with Crippen molar-refractivity contribution >= 4 is 34.0 Å². The van der Waals surface area contributed by atoms with E-state index < -0.39 is 22.5 Å². The number of nitrogens with one attached hydrogen (secondary N) is 2. The lowest BCUT2D eigenvalue weighted by atomic mass is 9.83. The summed E-state index contributed by atoms with van der Waals surface area (Å²) in [6, 6.07) is 25.5. The molecule has 44 heavy (non-hydrogen) atoms. The van der Waals surface area contributed by atoms with Gasteiger partial charge >= 0.3 is 0 Å². The van der Waals surface area contributed by atoms with Crippen molar-refractivity contribution in [3.8, 4) is 0 Å². The number of hydrogen-bond acceptors (Lipinski definition) is 5. The van der Waals surface area contributed by atoms with E-state index in [2.05, 4.69) is 15.5 Å². The van der Waals surface area contributed by atoms with Crippen LogP contribution in [0.4, 0.5) is 15.8 Å². The van der Waals surface area contributed by atoms with E-state index >= 15 is 0 Å². The highest BCUT2D eigenvalue weighted by Gasteiger charge is 2.35. The zero-order chi connectivity index (χ0) is 30.6. The number of rotatable bonds is 9. The topological polar surface area (TPSA) is 101 Å². The van der Waals surface area contributed by atoms with Crippen LogP contribution in [-0.4, -0.2) is 46.0 Å². The first-order valence-electron chi connectivity index (χ1n) is 14.7. The van der Waals surface area contributed by atoms with Gasteiger partial charge in [-0.25, -0.2) is 4.39 Å². The van der Waals surface area contributed by atoms with E-state index in [-0.39, 0.29) is 35.4 Å². The summed E-state index contributed by atoms with van der Waals surface area (Å²) in [6.45, 7) is 2.21. The Hall–Kier alpha value is -4.57. The van der Waals surface area contributed by atoms with Crippen molar-refractivity contribution in [2.45, 2.75) is 24.6 Å². The number of anilines is 2. The zero-order valence-electron chi connectivity index (χ0n) is 24.1. The van der Waals surface area contributed by atoms with Crippen molar-refractivity contribution in [3.63, 3.8) is 0 Å². The molecule has 2 bridgehead atoms. The van der Waals surface area contributed by atoms with Crippen molar-refractivity contribution in [3.05, 3.63) is 130 Å². The van der Waals surface area contributed by atoms with Gasteiger partial charge in [0.1, 0.15) is 5.82 Å². The van der Waals surface area contributed by atoms with Crippen LogP contribution < -0.4 is 21.1 Å². The van der Waals surface area contributed by atoms with Crippen LogP contribution in [0.5, 0.6) is 0 Å². The number of benzene rings is 3. The summed E-state index contributed by atoms with van der Waals surface area (Å²) < 4.78 is 27.9. The largest absolute Gasteiger partial charge is 0.369 e. The molecule has 3 unspecified atom stereocenters. The van der Waals surface area contributed by atoms with Gasteiger partial charge in [0.05, 0.1) is 11.4 Å². The van der Waals surface area contributed by atoms with E-state index in [1.807, 2.05) is 47.0 Å². The Bertz CT molecular complexity index is 1760. The summed E-state index contributed by atoms with van der Waals surface area (Å²) in [5.74, 6) is -0.0671. The van der Waals surface area contributed by atoms with E-state index in [0.29, 0.717) is 42.4 Å². The standard InChI is InChI=1S/C34H33FN4O4S/c35-28-12-9-25(10-13-28)34(42)37-29-18-26(33(41)36-15-16-44(43)22-23-5-2-1-3-6-23)11-14-31(29)38-19-24-17-27(21-38)30-7-4-8-32(40)39(30)20-24/h1-14,18,24,27H,15-17,19-22H2,(H,36,41)(H,37,42). The van der Waals surface area contributed by atoms with Crippen molar-refractivity contribution in [2.24, 2.45) is 5.92 Å². The smallest absolute Gasteiger partial charge is 0.255 e. The molecule has 2 N–H and O–H groups in total. The molecule has 3 heterocycles. The fraction of sp³-hybridized carbons (Fsp3) is 0.265. The molecule has 2 aliphatic rings. The molecule has 226 valence electrons. The molecule has 2 amide bonds. The van der Waals surface area contributed by atoms with Crippen LogP contribution in [0, 0.1) is 11.7 Å². The van der Waals surface area contributed by atoms with Crippen LogP contribution in [0.25, 0.3) is 0 Å². The lowest BCUT2D eigenvalue weighted by Gasteiger charge is -2.44. The van der Waals surface area contributed by atoms with Crippen LogP contribution >= 0.6 is 0 Å². The van der Waals surface area contributed by atoms with E-state index in [4.69, 9.17) is 0 Å². The Morgan fingerprint density at radius 3 is 2.43 bits per heavy atom. The highest BCUT2D eigenvalue weighted by Crippen LogP contribution is 2.39. The molecule has 4 aromatic rings. The van der Waals surface area contributed by atoms with E-state index in [9.17, 15) is 23.0 Å². The van der Waals surface area contributed by atoms with Crippen LogP contribution in [0.3, 0.4) is 0 Å². The van der Waals surface area contributed by atoms with Gasteiger partial charge in [-0.15, -0.1) is 0 Å². The maximum atomic E-state index is 13.5. The van der Waals surface area contributed by atoms with Gasteiger partial charge in [0.25, 0.3) is 17.4 Å². The number of pyridine rings is 1. The van der Waals surface area contributed by atoms with Gasteiger partial charge in [-0.3, -0.25) is 18.6 Å². The van der Waals surface area contributed by atoms with Gasteiger partial charge < -0.3 is 20.1 Å². The second kappa shape index (κ2) is 13.0. The molecule has 3 atom stereocenters. The lowest BCUT2D eigenvalue weighted by Crippen LogP contribution is -2.47. The maximum Gasteiger partial charge on any atom is 0.255 e. The molecule has 0 radical (unpaired) electrons. The van der Waals surface area contributed by atoms with E-state index in [1.165, 1.54) is 24.3 Å². The minimum Gasteiger partial charge on any atom is -0.369 e.